The molecule has 124 valence electrons. The van der Waals surface area contributed by atoms with E-state index in [-0.39, 0.29) is 0 Å². The Morgan fingerprint density at radius 3 is 2.32 bits per heavy atom. The zero-order chi connectivity index (χ0) is 17.1. The molecular weight excluding hydrogens is 319 g/mol. The molecule has 0 saturated heterocycles. The number of alkyl halides is 2. The molecule has 1 aromatic rings. The number of nitrogens with one attached hydrogen (secondary N) is 1. The molecule has 0 radical (unpaired) electrons. The standard InChI is InChI=1S/C14H18F3NO3S/c1-13(2,3)22(21)18-14(12(16)17,8-11(19)20)9-6-4-5-7-10(9)15/h4-7,12,18H,8H2,1-3H3,(H,19,20). The van der Waals surface area contributed by atoms with Gasteiger partial charge < -0.3 is 9.66 Å². The fraction of sp³-hybridized carbons (Fsp3) is 0.500. The Hall–Kier alpha value is -1.25. The fourth-order valence-electron chi connectivity index (χ4n) is 1.81. The highest BCUT2D eigenvalue weighted by molar-refractivity contribution is 7.90. The minimum atomic E-state index is -3.27. The summed E-state index contributed by atoms with van der Waals surface area (Å²) in [6.45, 7) is 4.61. The minimum absolute atomic E-state index is 0.523. The van der Waals surface area contributed by atoms with Crippen LogP contribution in [0.4, 0.5) is 13.2 Å². The van der Waals surface area contributed by atoms with E-state index >= 15 is 0 Å². The largest absolute Gasteiger partial charge is 0.598 e. The highest BCUT2D eigenvalue weighted by atomic mass is 32.2. The van der Waals surface area contributed by atoms with Crippen LogP contribution in [-0.2, 0) is 21.7 Å². The van der Waals surface area contributed by atoms with Gasteiger partial charge in [-0.3, -0.25) is 4.79 Å². The van der Waals surface area contributed by atoms with Crippen LogP contribution in [0.25, 0.3) is 0 Å². The third-order valence-corrected chi connectivity index (χ3v) is 4.65. The van der Waals surface area contributed by atoms with Crippen LogP contribution in [-0.4, -0.2) is 26.8 Å². The lowest BCUT2D eigenvalue weighted by Gasteiger charge is -2.36. The van der Waals surface area contributed by atoms with Crippen LogP contribution < -0.4 is 4.72 Å². The maximum absolute atomic E-state index is 14.0. The van der Waals surface area contributed by atoms with Gasteiger partial charge in [0.05, 0.1) is 6.42 Å². The highest BCUT2D eigenvalue weighted by Gasteiger charge is 2.50. The lowest BCUT2D eigenvalue weighted by molar-refractivity contribution is -0.140. The SMILES string of the molecule is CC(C)(C)[S+]([O-])NC(CC(=O)O)(c1ccccc1F)C(F)F. The van der Waals surface area contributed by atoms with Gasteiger partial charge in [0.2, 0.25) is 0 Å². The second-order valence-electron chi connectivity index (χ2n) is 5.81. The third-order valence-electron chi connectivity index (χ3n) is 2.99. The molecule has 0 bridgehead atoms. The molecule has 22 heavy (non-hydrogen) atoms. The van der Waals surface area contributed by atoms with Gasteiger partial charge in [-0.15, -0.1) is 4.72 Å². The molecule has 0 aromatic heterocycles. The van der Waals surface area contributed by atoms with Gasteiger partial charge in [0.1, 0.15) is 10.6 Å². The van der Waals surface area contributed by atoms with Gasteiger partial charge in [0.25, 0.3) is 6.43 Å². The van der Waals surface area contributed by atoms with Gasteiger partial charge in [-0.1, -0.05) is 18.2 Å². The van der Waals surface area contributed by atoms with Crippen LogP contribution in [0.2, 0.25) is 0 Å². The topological polar surface area (TPSA) is 72.4 Å². The average Bonchev–Trinajstić information content (AvgIpc) is 2.36. The van der Waals surface area contributed by atoms with E-state index in [1.165, 1.54) is 32.9 Å². The van der Waals surface area contributed by atoms with Gasteiger partial charge in [-0.05, 0) is 26.8 Å². The van der Waals surface area contributed by atoms with Gasteiger partial charge in [0, 0.05) is 16.9 Å². The maximum atomic E-state index is 14.0. The summed E-state index contributed by atoms with van der Waals surface area (Å²) in [7, 11) is 0. The summed E-state index contributed by atoms with van der Waals surface area (Å²) < 4.78 is 54.8. The number of carboxylic acid groups (broad SMARTS) is 1. The second kappa shape index (κ2) is 6.89. The van der Waals surface area contributed by atoms with E-state index in [2.05, 4.69) is 4.72 Å². The van der Waals surface area contributed by atoms with E-state index in [0.717, 1.165) is 12.1 Å². The molecule has 0 aliphatic rings. The highest BCUT2D eigenvalue weighted by Crippen LogP contribution is 2.36. The quantitative estimate of drug-likeness (QED) is 0.783. The predicted octanol–water partition coefficient (Wildman–Crippen LogP) is 2.81. The summed E-state index contributed by atoms with van der Waals surface area (Å²) in [5.74, 6) is -2.54. The van der Waals surface area contributed by atoms with Crippen molar-refractivity contribution in [2.45, 2.75) is 43.9 Å². The first-order chi connectivity index (χ1) is 10.0. The van der Waals surface area contributed by atoms with Crippen molar-refractivity contribution >= 4 is 17.3 Å². The number of rotatable bonds is 6. The zero-order valence-corrected chi connectivity index (χ0v) is 13.2. The zero-order valence-electron chi connectivity index (χ0n) is 12.4. The molecule has 0 fully saturated rings. The summed E-state index contributed by atoms with van der Waals surface area (Å²) in [6, 6.07) is 4.64. The van der Waals surface area contributed by atoms with Crippen LogP contribution >= 0.6 is 0 Å². The van der Waals surface area contributed by atoms with Crippen molar-refractivity contribution in [1.29, 1.82) is 0 Å². The molecule has 2 unspecified atom stereocenters. The van der Waals surface area contributed by atoms with Crippen molar-refractivity contribution < 1.29 is 27.6 Å². The van der Waals surface area contributed by atoms with Gasteiger partial charge in [-0.2, -0.15) is 0 Å². The number of aliphatic carboxylic acids is 1. The molecule has 0 spiro atoms. The van der Waals surface area contributed by atoms with Crippen molar-refractivity contribution in [3.8, 4) is 0 Å². The number of hydrogen-bond acceptors (Lipinski definition) is 3. The van der Waals surface area contributed by atoms with Crippen molar-refractivity contribution in [2.75, 3.05) is 0 Å². The summed E-state index contributed by atoms with van der Waals surface area (Å²) in [6.07, 6.45) is -4.38. The summed E-state index contributed by atoms with van der Waals surface area (Å²) >= 11 is -2.01. The summed E-state index contributed by atoms with van der Waals surface area (Å²) in [4.78, 5) is 11.0. The molecule has 8 heteroatoms. The fourth-order valence-corrected chi connectivity index (χ4v) is 2.71. The molecular formula is C14H18F3NO3S. The summed E-state index contributed by atoms with van der Waals surface area (Å²) in [5.41, 5.74) is -3.10. The Balaban J connectivity index is 3.42. The maximum Gasteiger partial charge on any atom is 0.305 e. The van der Waals surface area contributed by atoms with Crippen LogP contribution in [0.5, 0.6) is 0 Å². The van der Waals surface area contributed by atoms with E-state index < -0.39 is 51.8 Å². The van der Waals surface area contributed by atoms with Crippen molar-refractivity contribution in [3.05, 3.63) is 35.6 Å². The van der Waals surface area contributed by atoms with Crippen molar-refractivity contribution in [2.24, 2.45) is 0 Å². The van der Waals surface area contributed by atoms with E-state index in [9.17, 15) is 22.5 Å². The molecule has 0 heterocycles. The van der Waals surface area contributed by atoms with Crippen LogP contribution in [0.15, 0.2) is 24.3 Å². The first kappa shape index (κ1) is 18.8. The molecule has 0 amide bonds. The number of carboxylic acids is 1. The van der Waals surface area contributed by atoms with Gasteiger partial charge in [-0.25, -0.2) is 13.2 Å². The lowest BCUT2D eigenvalue weighted by atomic mass is 9.87. The molecule has 1 aromatic carbocycles. The predicted molar refractivity (Wildman–Crippen MR) is 77.4 cm³/mol. The Morgan fingerprint density at radius 2 is 1.91 bits per heavy atom. The lowest BCUT2D eigenvalue weighted by Crippen LogP contribution is -2.56. The molecule has 2 atom stereocenters. The smallest absolute Gasteiger partial charge is 0.305 e. The number of halogens is 3. The normalized spacial score (nSPS) is 16.4. The minimum Gasteiger partial charge on any atom is -0.598 e. The first-order valence-electron chi connectivity index (χ1n) is 6.45. The molecule has 1 rings (SSSR count). The summed E-state index contributed by atoms with van der Waals surface area (Å²) in [5, 5.41) is 8.97. The Kier molecular flexibility index (Phi) is 5.89. The number of benzene rings is 1. The molecule has 0 aliphatic carbocycles. The van der Waals surface area contributed by atoms with Crippen molar-refractivity contribution in [1.82, 2.24) is 4.72 Å². The van der Waals surface area contributed by atoms with Gasteiger partial charge in [0.15, 0.2) is 5.54 Å². The molecule has 2 N–H and O–H groups in total. The monoisotopic (exact) mass is 337 g/mol. The molecule has 0 aliphatic heterocycles. The van der Waals surface area contributed by atoms with Crippen LogP contribution in [0.1, 0.15) is 32.8 Å². The van der Waals surface area contributed by atoms with Gasteiger partial charge >= 0.3 is 5.97 Å². The Bertz CT molecular complexity index is 536. The van der Waals surface area contributed by atoms with Crippen molar-refractivity contribution in [3.63, 3.8) is 0 Å². The van der Waals surface area contributed by atoms with E-state index in [1.54, 1.807) is 0 Å². The van der Waals surface area contributed by atoms with E-state index in [0.29, 0.717) is 0 Å². The Morgan fingerprint density at radius 1 is 1.36 bits per heavy atom. The van der Waals surface area contributed by atoms with E-state index in [1.807, 2.05) is 0 Å². The molecule has 0 saturated carbocycles. The Labute approximate surface area is 130 Å². The number of hydrogen-bond donors (Lipinski definition) is 2. The number of carbonyl (C=O) groups is 1. The third kappa shape index (κ3) is 4.15. The second-order valence-corrected chi connectivity index (χ2v) is 7.77. The van der Waals surface area contributed by atoms with E-state index in [4.69, 9.17) is 5.11 Å². The average molecular weight is 337 g/mol. The van der Waals surface area contributed by atoms with Crippen LogP contribution in [0, 0.1) is 5.82 Å². The van der Waals surface area contributed by atoms with Crippen LogP contribution in [0.3, 0.4) is 0 Å². The first-order valence-corrected chi connectivity index (χ1v) is 7.60. The molecule has 4 nitrogen and oxygen atoms in total.